The first-order chi connectivity index (χ1) is 7.03. The molecule has 2 rings (SSSR count). The molecule has 0 radical (unpaired) electrons. The van der Waals surface area contributed by atoms with Crippen LogP contribution in [0.3, 0.4) is 0 Å². The first-order valence-corrected chi connectivity index (χ1v) is 8.01. The number of aliphatic carboxylic acids is 1. The number of piperidine rings is 1. The molecule has 2 fully saturated rings. The van der Waals surface area contributed by atoms with Crippen LogP contribution in [0.2, 0.25) is 0 Å². The van der Waals surface area contributed by atoms with Gasteiger partial charge in [0.15, 0.2) is 0 Å². The number of carboxylic acids is 1. The van der Waals surface area contributed by atoms with Gasteiger partial charge in [0.2, 0.25) is 0 Å². The van der Waals surface area contributed by atoms with Crippen LogP contribution in [-0.4, -0.2) is 41.2 Å². The Hall–Kier alpha value is -0.000000000000000111. The third kappa shape index (κ3) is 2.40. The molecule has 2 aliphatic rings. The molecule has 1 aliphatic carbocycles. The zero-order valence-electron chi connectivity index (χ0n) is 8.94. The summed E-state index contributed by atoms with van der Waals surface area (Å²) in [4.78, 5) is 13.3. The lowest BCUT2D eigenvalue weighted by Crippen LogP contribution is -2.39. The monoisotopic (exact) mass is 247 g/mol. The smallest absolute Gasteiger partial charge is 0.307 e. The Morgan fingerprint density at radius 3 is 3.00 bits per heavy atom. The molecule has 1 N–H and O–H groups in total. The van der Waals surface area contributed by atoms with Crippen molar-refractivity contribution in [3.63, 3.8) is 0 Å². The van der Waals surface area contributed by atoms with Crippen LogP contribution in [0.15, 0.2) is 0 Å². The summed E-state index contributed by atoms with van der Waals surface area (Å²) in [5, 5.41) is 9.00. The lowest BCUT2D eigenvalue weighted by atomic mass is 9.93. The minimum absolute atomic E-state index is 0.0213. The zero-order valence-corrected chi connectivity index (χ0v) is 10.6. The Morgan fingerprint density at radius 1 is 1.73 bits per heavy atom. The number of nitrogens with zero attached hydrogens (tertiary/aromatic N) is 1. The minimum Gasteiger partial charge on any atom is -0.481 e. The van der Waals surface area contributed by atoms with E-state index in [0.29, 0.717) is 0 Å². The first-order valence-electron chi connectivity index (χ1n) is 5.29. The van der Waals surface area contributed by atoms with Crippen molar-refractivity contribution in [2.75, 3.05) is 25.2 Å². The Bertz CT molecular complexity index is 308. The lowest BCUT2D eigenvalue weighted by molar-refractivity contribution is -0.139. The van der Waals surface area contributed by atoms with Crippen molar-refractivity contribution in [3.05, 3.63) is 0 Å². The topological polar surface area (TPSA) is 40.5 Å². The predicted octanol–water partition coefficient (Wildman–Crippen LogP) is 0.841. The fourth-order valence-electron chi connectivity index (χ4n) is 2.77. The van der Waals surface area contributed by atoms with Crippen LogP contribution in [-0.2, 0) is 25.4 Å². The van der Waals surface area contributed by atoms with Gasteiger partial charge in [-0.1, -0.05) is 11.2 Å². The van der Waals surface area contributed by atoms with Gasteiger partial charge in [-0.15, -0.1) is 9.45 Å². The molecule has 1 spiro atoms. The van der Waals surface area contributed by atoms with E-state index in [1.807, 2.05) is 0 Å². The standard InChI is InChI=1S/C10H17NO2S2/c1-15(14)7-11-4-2-3-10(6-11)5-8(10)9(12)13/h8H,2-7H2,1H3,(H,12,13). The van der Waals surface area contributed by atoms with Gasteiger partial charge in [0.1, 0.15) is 0 Å². The van der Waals surface area contributed by atoms with E-state index in [0.717, 1.165) is 38.2 Å². The van der Waals surface area contributed by atoms with Crippen LogP contribution in [0.5, 0.6) is 0 Å². The summed E-state index contributed by atoms with van der Waals surface area (Å²) in [6.45, 7) is 2.06. The van der Waals surface area contributed by atoms with Gasteiger partial charge < -0.3 is 5.11 Å². The number of hydrogen-bond acceptors (Lipinski definition) is 3. The third-order valence-electron chi connectivity index (χ3n) is 3.54. The van der Waals surface area contributed by atoms with E-state index >= 15 is 0 Å². The number of carbonyl (C=O) groups is 1. The molecule has 1 saturated carbocycles. The van der Waals surface area contributed by atoms with Gasteiger partial charge in [-0.25, -0.2) is 0 Å². The van der Waals surface area contributed by atoms with Crippen LogP contribution >= 0.6 is 0 Å². The van der Waals surface area contributed by atoms with Gasteiger partial charge in [-0.05, 0) is 37.5 Å². The summed E-state index contributed by atoms with van der Waals surface area (Å²) in [6, 6.07) is 0. The van der Waals surface area contributed by atoms with Gasteiger partial charge in [0, 0.05) is 12.4 Å². The molecule has 1 heterocycles. The molecule has 15 heavy (non-hydrogen) atoms. The highest BCUT2D eigenvalue weighted by molar-refractivity contribution is 8.28. The average Bonchev–Trinajstić information content (AvgIpc) is 2.78. The van der Waals surface area contributed by atoms with E-state index in [1.54, 1.807) is 0 Å². The molecule has 3 atom stereocenters. The molecule has 0 amide bonds. The van der Waals surface area contributed by atoms with Gasteiger partial charge in [0.05, 0.1) is 5.92 Å². The van der Waals surface area contributed by atoms with E-state index in [-0.39, 0.29) is 20.8 Å². The van der Waals surface area contributed by atoms with Crippen molar-refractivity contribution in [2.24, 2.45) is 11.3 Å². The van der Waals surface area contributed by atoms with Crippen molar-refractivity contribution < 1.29 is 9.90 Å². The summed E-state index contributed by atoms with van der Waals surface area (Å²) in [5.74, 6) is 0.276. The van der Waals surface area contributed by atoms with Crippen LogP contribution in [0, 0.1) is 11.3 Å². The summed E-state index contributed by atoms with van der Waals surface area (Å²) >= 11 is 5.21. The lowest BCUT2D eigenvalue weighted by Gasteiger charge is -2.33. The number of hydrogen-bond donors (Lipinski definition) is 1. The van der Waals surface area contributed by atoms with E-state index in [2.05, 4.69) is 11.2 Å². The molecule has 5 heteroatoms. The van der Waals surface area contributed by atoms with Gasteiger partial charge in [-0.3, -0.25) is 9.69 Å². The number of likely N-dealkylation sites (tertiary alicyclic amines) is 1. The maximum Gasteiger partial charge on any atom is 0.307 e. The average molecular weight is 247 g/mol. The van der Waals surface area contributed by atoms with Crippen LogP contribution in [0.1, 0.15) is 19.3 Å². The SMILES string of the molecule is CS(=S)CN1CCCC2(CC2C(=O)O)C1. The highest BCUT2D eigenvalue weighted by Gasteiger charge is 2.59. The molecular formula is C10H17NO2S2. The van der Waals surface area contributed by atoms with Gasteiger partial charge in [0.25, 0.3) is 0 Å². The molecule has 86 valence electrons. The van der Waals surface area contributed by atoms with Crippen molar-refractivity contribution in [2.45, 2.75) is 19.3 Å². The largest absolute Gasteiger partial charge is 0.481 e. The van der Waals surface area contributed by atoms with E-state index in [9.17, 15) is 4.79 Å². The normalized spacial score (nSPS) is 37.8. The summed E-state index contributed by atoms with van der Waals surface area (Å²) in [7, 11) is 0.0213. The Morgan fingerprint density at radius 2 is 2.47 bits per heavy atom. The summed E-state index contributed by atoms with van der Waals surface area (Å²) in [6.07, 6.45) is 5.18. The molecule has 1 saturated heterocycles. The second-order valence-electron chi connectivity index (χ2n) is 4.82. The molecule has 0 bridgehead atoms. The fraction of sp³-hybridized carbons (Fsp3) is 0.900. The molecule has 0 aromatic carbocycles. The van der Waals surface area contributed by atoms with Gasteiger partial charge in [-0.2, -0.15) is 0 Å². The van der Waals surface area contributed by atoms with E-state index in [4.69, 9.17) is 16.3 Å². The predicted molar refractivity (Wildman–Crippen MR) is 64.5 cm³/mol. The second-order valence-corrected chi connectivity index (χ2v) is 7.93. The van der Waals surface area contributed by atoms with Gasteiger partial charge >= 0.3 is 5.97 Å². The van der Waals surface area contributed by atoms with Crippen LogP contribution in [0.25, 0.3) is 0 Å². The number of rotatable bonds is 3. The van der Waals surface area contributed by atoms with Crippen LogP contribution < -0.4 is 0 Å². The molecule has 0 aromatic rings. The minimum atomic E-state index is -0.606. The summed E-state index contributed by atoms with van der Waals surface area (Å²) in [5.41, 5.74) is 0.110. The fourth-order valence-corrected chi connectivity index (χ4v) is 3.96. The number of carboxylic acid groups (broad SMARTS) is 1. The van der Waals surface area contributed by atoms with E-state index < -0.39 is 5.97 Å². The van der Waals surface area contributed by atoms with Crippen LogP contribution in [0.4, 0.5) is 0 Å². The molecule has 3 nitrogen and oxygen atoms in total. The van der Waals surface area contributed by atoms with E-state index in [1.165, 1.54) is 0 Å². The zero-order chi connectivity index (χ0) is 11.1. The molecule has 0 aromatic heterocycles. The third-order valence-corrected chi connectivity index (χ3v) is 4.58. The Balaban J connectivity index is 1.94. The molecule has 3 unspecified atom stereocenters. The van der Waals surface area contributed by atoms with Crippen molar-refractivity contribution in [3.8, 4) is 0 Å². The maximum absolute atomic E-state index is 10.9. The highest BCUT2D eigenvalue weighted by Crippen LogP contribution is 2.57. The maximum atomic E-state index is 10.9. The Kier molecular flexibility index (Phi) is 3.14. The summed E-state index contributed by atoms with van der Waals surface area (Å²) < 4.78 is 0. The Labute approximate surface area is 97.4 Å². The van der Waals surface area contributed by atoms with Crippen molar-refractivity contribution in [1.82, 2.24) is 4.90 Å². The second kappa shape index (κ2) is 4.11. The quantitative estimate of drug-likeness (QED) is 0.802. The highest BCUT2D eigenvalue weighted by atomic mass is 32.8. The van der Waals surface area contributed by atoms with Crippen molar-refractivity contribution in [1.29, 1.82) is 0 Å². The molecular weight excluding hydrogens is 230 g/mol. The van der Waals surface area contributed by atoms with Crippen molar-refractivity contribution >= 4 is 26.6 Å². The first kappa shape index (κ1) is 11.5. The molecule has 1 aliphatic heterocycles.